The third kappa shape index (κ3) is 2.37. The molecular formula is C11H15N5S. The van der Waals surface area contributed by atoms with Gasteiger partial charge in [-0.25, -0.2) is 0 Å². The smallest absolute Gasteiger partial charge is 0.191 e. The Morgan fingerprint density at radius 1 is 1.53 bits per heavy atom. The third-order valence-corrected chi connectivity index (χ3v) is 4.08. The number of aromatic nitrogens is 4. The minimum Gasteiger partial charge on any atom is -0.299 e. The highest BCUT2D eigenvalue weighted by Gasteiger charge is 2.34. The van der Waals surface area contributed by atoms with E-state index in [1.165, 1.54) is 17.7 Å². The first-order valence-electron chi connectivity index (χ1n) is 5.87. The van der Waals surface area contributed by atoms with E-state index < -0.39 is 0 Å². The second-order valence-corrected chi connectivity index (χ2v) is 5.47. The Bertz CT molecular complexity index is 448. The molecule has 2 aromatic heterocycles. The molecule has 0 radical (unpaired) electrons. The average molecular weight is 249 g/mol. The summed E-state index contributed by atoms with van der Waals surface area (Å²) in [6.07, 6.45) is 2.63. The van der Waals surface area contributed by atoms with Crippen LogP contribution in [0.1, 0.15) is 42.6 Å². The van der Waals surface area contributed by atoms with Crippen molar-refractivity contribution in [3.63, 3.8) is 0 Å². The number of aromatic amines is 1. The average Bonchev–Trinajstić information content (AvgIpc) is 2.87. The van der Waals surface area contributed by atoms with Gasteiger partial charge in [0.15, 0.2) is 5.82 Å². The summed E-state index contributed by atoms with van der Waals surface area (Å²) in [6.45, 7) is 2.08. The van der Waals surface area contributed by atoms with Gasteiger partial charge >= 0.3 is 0 Å². The highest BCUT2D eigenvalue weighted by molar-refractivity contribution is 7.10. The van der Waals surface area contributed by atoms with Crippen LogP contribution in [-0.2, 0) is 0 Å². The largest absolute Gasteiger partial charge is 0.299 e. The molecule has 0 amide bonds. The molecule has 6 heteroatoms. The van der Waals surface area contributed by atoms with Crippen molar-refractivity contribution in [3.05, 3.63) is 28.2 Å². The van der Waals surface area contributed by atoms with Crippen molar-refractivity contribution >= 4 is 11.3 Å². The molecule has 1 saturated carbocycles. The van der Waals surface area contributed by atoms with Crippen LogP contribution in [0.2, 0.25) is 0 Å². The molecule has 2 aromatic rings. The van der Waals surface area contributed by atoms with Gasteiger partial charge in [0.1, 0.15) is 0 Å². The topological polar surface area (TPSA) is 66.5 Å². The first-order chi connectivity index (χ1) is 8.34. The fourth-order valence-electron chi connectivity index (χ4n) is 2.05. The Labute approximate surface area is 104 Å². The lowest BCUT2D eigenvalue weighted by atomic mass is 10.1. The highest BCUT2D eigenvalue weighted by atomic mass is 32.1. The SMILES string of the molecule is CC(NC(c1cccs1)C1CC1)c1nn[nH]n1. The maximum atomic E-state index is 4.02. The number of thiophene rings is 1. The van der Waals surface area contributed by atoms with Gasteiger partial charge in [-0.1, -0.05) is 11.3 Å². The van der Waals surface area contributed by atoms with Crippen LogP contribution in [0.3, 0.4) is 0 Å². The van der Waals surface area contributed by atoms with Gasteiger partial charge in [0.25, 0.3) is 0 Å². The van der Waals surface area contributed by atoms with E-state index >= 15 is 0 Å². The van der Waals surface area contributed by atoms with Crippen LogP contribution in [0.5, 0.6) is 0 Å². The van der Waals surface area contributed by atoms with E-state index in [2.05, 4.69) is 50.4 Å². The van der Waals surface area contributed by atoms with Gasteiger partial charge in [0, 0.05) is 10.9 Å². The lowest BCUT2D eigenvalue weighted by molar-refractivity contribution is 0.421. The van der Waals surface area contributed by atoms with Crippen LogP contribution in [0.15, 0.2) is 17.5 Å². The Kier molecular flexibility index (Phi) is 2.90. The van der Waals surface area contributed by atoms with Crippen LogP contribution in [0.4, 0.5) is 0 Å². The zero-order valence-corrected chi connectivity index (χ0v) is 10.4. The van der Waals surface area contributed by atoms with Crippen LogP contribution < -0.4 is 5.32 Å². The Morgan fingerprint density at radius 2 is 2.41 bits per heavy atom. The zero-order valence-electron chi connectivity index (χ0n) is 9.63. The molecule has 2 heterocycles. The summed E-state index contributed by atoms with van der Waals surface area (Å²) >= 11 is 1.81. The number of rotatable bonds is 5. The van der Waals surface area contributed by atoms with Gasteiger partial charge < -0.3 is 0 Å². The molecule has 2 unspecified atom stereocenters. The molecule has 0 bridgehead atoms. The third-order valence-electron chi connectivity index (χ3n) is 3.12. The monoisotopic (exact) mass is 249 g/mol. The molecule has 1 fully saturated rings. The summed E-state index contributed by atoms with van der Waals surface area (Å²) in [4.78, 5) is 1.41. The molecule has 90 valence electrons. The van der Waals surface area contributed by atoms with Crippen LogP contribution in [0, 0.1) is 5.92 Å². The molecule has 0 aliphatic heterocycles. The van der Waals surface area contributed by atoms with Gasteiger partial charge in [0.05, 0.1) is 6.04 Å². The molecule has 1 aliphatic carbocycles. The van der Waals surface area contributed by atoms with Gasteiger partial charge in [-0.3, -0.25) is 5.32 Å². The quantitative estimate of drug-likeness (QED) is 0.851. The normalized spacial score (nSPS) is 19.1. The second kappa shape index (κ2) is 4.54. The number of nitrogens with one attached hydrogen (secondary N) is 2. The Hall–Kier alpha value is -1.27. The molecule has 5 nitrogen and oxygen atoms in total. The fourth-order valence-corrected chi connectivity index (χ4v) is 2.92. The molecule has 17 heavy (non-hydrogen) atoms. The maximum absolute atomic E-state index is 4.02. The zero-order chi connectivity index (χ0) is 11.7. The Balaban J connectivity index is 1.73. The van der Waals surface area contributed by atoms with E-state index in [4.69, 9.17) is 0 Å². The molecule has 0 spiro atoms. The van der Waals surface area contributed by atoms with Crippen LogP contribution >= 0.6 is 11.3 Å². The number of tetrazole rings is 1. The molecule has 0 saturated heterocycles. The van der Waals surface area contributed by atoms with Gasteiger partial charge in [-0.15, -0.1) is 21.5 Å². The van der Waals surface area contributed by atoms with Crippen molar-refractivity contribution in [2.45, 2.75) is 31.8 Å². The maximum Gasteiger partial charge on any atom is 0.191 e. The highest BCUT2D eigenvalue weighted by Crippen LogP contribution is 2.43. The van der Waals surface area contributed by atoms with E-state index in [-0.39, 0.29) is 6.04 Å². The van der Waals surface area contributed by atoms with Gasteiger partial charge in [-0.2, -0.15) is 5.21 Å². The number of hydrogen-bond acceptors (Lipinski definition) is 5. The Morgan fingerprint density at radius 3 is 3.00 bits per heavy atom. The summed E-state index contributed by atoms with van der Waals surface area (Å²) in [6, 6.07) is 4.87. The van der Waals surface area contributed by atoms with Gasteiger partial charge in [-0.05, 0) is 37.1 Å². The number of H-pyrrole nitrogens is 1. The summed E-state index contributed by atoms with van der Waals surface area (Å²) < 4.78 is 0. The molecule has 1 aliphatic rings. The molecule has 3 rings (SSSR count). The lowest BCUT2D eigenvalue weighted by Crippen LogP contribution is -2.26. The first kappa shape index (κ1) is 10.9. The van der Waals surface area contributed by atoms with Crippen molar-refractivity contribution < 1.29 is 0 Å². The first-order valence-corrected chi connectivity index (χ1v) is 6.75. The van der Waals surface area contributed by atoms with Crippen molar-refractivity contribution in [2.75, 3.05) is 0 Å². The summed E-state index contributed by atoms with van der Waals surface area (Å²) in [5, 5.41) is 19.9. The number of nitrogens with zero attached hydrogens (tertiary/aromatic N) is 3. The second-order valence-electron chi connectivity index (χ2n) is 4.49. The molecule has 2 atom stereocenters. The van der Waals surface area contributed by atoms with Gasteiger partial charge in [0.2, 0.25) is 0 Å². The van der Waals surface area contributed by atoms with E-state index in [1.54, 1.807) is 0 Å². The molecule has 0 aromatic carbocycles. The predicted octanol–water partition coefficient (Wildman–Crippen LogP) is 2.06. The van der Waals surface area contributed by atoms with Crippen molar-refractivity contribution in [3.8, 4) is 0 Å². The van der Waals surface area contributed by atoms with Crippen molar-refractivity contribution in [1.29, 1.82) is 0 Å². The van der Waals surface area contributed by atoms with E-state index in [9.17, 15) is 0 Å². The van der Waals surface area contributed by atoms with E-state index in [0.717, 1.165) is 11.7 Å². The fraction of sp³-hybridized carbons (Fsp3) is 0.545. The molecular weight excluding hydrogens is 234 g/mol. The van der Waals surface area contributed by atoms with Crippen LogP contribution in [0.25, 0.3) is 0 Å². The predicted molar refractivity (Wildman–Crippen MR) is 65.5 cm³/mol. The minimum absolute atomic E-state index is 0.126. The minimum atomic E-state index is 0.126. The van der Waals surface area contributed by atoms with E-state index in [1.807, 2.05) is 11.3 Å². The summed E-state index contributed by atoms with van der Waals surface area (Å²) in [5.74, 6) is 1.50. The lowest BCUT2D eigenvalue weighted by Gasteiger charge is -2.20. The molecule has 2 N–H and O–H groups in total. The summed E-state index contributed by atoms with van der Waals surface area (Å²) in [5.41, 5.74) is 0. The van der Waals surface area contributed by atoms with Crippen LogP contribution in [-0.4, -0.2) is 20.6 Å². The number of hydrogen-bond donors (Lipinski definition) is 2. The standard InChI is InChI=1S/C11H15N5S/c1-7(11-13-15-16-14-11)12-10(8-4-5-8)9-3-2-6-17-9/h2-3,6-8,10,12H,4-5H2,1H3,(H,13,14,15,16). The van der Waals surface area contributed by atoms with Crippen molar-refractivity contribution in [2.24, 2.45) is 5.92 Å². The summed E-state index contributed by atoms with van der Waals surface area (Å²) in [7, 11) is 0. The van der Waals surface area contributed by atoms with E-state index in [0.29, 0.717) is 6.04 Å². The van der Waals surface area contributed by atoms with Crippen molar-refractivity contribution in [1.82, 2.24) is 25.9 Å².